The Morgan fingerprint density at radius 3 is 2.55 bits per heavy atom. The van der Waals surface area contributed by atoms with E-state index in [-0.39, 0.29) is 6.61 Å². The van der Waals surface area contributed by atoms with Crippen molar-refractivity contribution in [3.05, 3.63) is 115 Å². The molecule has 0 aliphatic rings. The van der Waals surface area contributed by atoms with Crippen molar-refractivity contribution >= 4 is 16.6 Å². The van der Waals surface area contributed by atoms with Crippen LogP contribution in [0, 0.1) is 0 Å². The van der Waals surface area contributed by atoms with E-state index >= 15 is 0 Å². The van der Waals surface area contributed by atoms with Crippen molar-refractivity contribution in [1.82, 2.24) is 24.8 Å². The molecule has 0 spiro atoms. The minimum Gasteiger partial charge on any atom is -0.490 e. The fraction of sp³-hybridized carbons (Fsp3) is 0.0968. The molecule has 0 bridgehead atoms. The molecule has 0 saturated heterocycles. The average Bonchev–Trinajstić information content (AvgIpc) is 3.39. The first kappa shape index (κ1) is 23.4. The Kier molecular flexibility index (Phi) is 6.47. The van der Waals surface area contributed by atoms with Crippen LogP contribution in [0.25, 0.3) is 38.9 Å². The lowest BCUT2D eigenvalue weighted by Crippen LogP contribution is -2.05. The zero-order chi connectivity index (χ0) is 25.7. The minimum absolute atomic E-state index is 0.221. The van der Waals surface area contributed by atoms with Gasteiger partial charge in [-0.2, -0.15) is 9.61 Å². The molecule has 3 aromatic carbocycles. The molecule has 0 saturated carbocycles. The molecule has 0 atom stereocenters. The van der Waals surface area contributed by atoms with Gasteiger partial charge in [-0.1, -0.05) is 60.7 Å². The van der Waals surface area contributed by atoms with E-state index in [2.05, 4.69) is 33.4 Å². The summed E-state index contributed by atoms with van der Waals surface area (Å²) in [7, 11) is 0. The molecule has 7 heteroatoms. The second-order valence-corrected chi connectivity index (χ2v) is 8.71. The van der Waals surface area contributed by atoms with E-state index in [1.165, 1.54) is 0 Å². The molecule has 3 aromatic heterocycles. The third-order valence-electron chi connectivity index (χ3n) is 6.21. The summed E-state index contributed by atoms with van der Waals surface area (Å²) in [5.41, 5.74) is 5.51. The predicted octanol–water partition coefficient (Wildman–Crippen LogP) is 6.54. The Hall–Kier alpha value is -5.04. The minimum atomic E-state index is 0.221. The van der Waals surface area contributed by atoms with Gasteiger partial charge in [0.15, 0.2) is 11.5 Å². The summed E-state index contributed by atoms with van der Waals surface area (Å²) >= 11 is 0. The molecule has 7 nitrogen and oxygen atoms in total. The number of nitrogens with zero attached hydrogens (tertiary/aromatic N) is 5. The van der Waals surface area contributed by atoms with Crippen LogP contribution < -0.4 is 9.47 Å². The molecule has 0 aliphatic heterocycles. The van der Waals surface area contributed by atoms with Crippen LogP contribution in [0.4, 0.5) is 0 Å². The summed E-state index contributed by atoms with van der Waals surface area (Å²) < 4.78 is 13.7. The van der Waals surface area contributed by atoms with Crippen molar-refractivity contribution in [2.45, 2.75) is 13.5 Å². The molecular formula is C31H25N5O2. The van der Waals surface area contributed by atoms with Gasteiger partial charge in [0.05, 0.1) is 11.2 Å². The fourth-order valence-electron chi connectivity index (χ4n) is 4.26. The summed E-state index contributed by atoms with van der Waals surface area (Å²) in [6, 6.07) is 30.0. The van der Waals surface area contributed by atoms with Gasteiger partial charge in [0, 0.05) is 17.1 Å². The monoisotopic (exact) mass is 499 g/mol. The maximum Gasteiger partial charge on any atom is 0.192 e. The lowest BCUT2D eigenvalue weighted by atomic mass is 10.0. The maximum atomic E-state index is 6.21. The summed E-state index contributed by atoms with van der Waals surface area (Å²) in [4.78, 5) is 4.59. The molecule has 0 N–H and O–H groups in total. The zero-order valence-corrected chi connectivity index (χ0v) is 20.9. The molecule has 0 fully saturated rings. The van der Waals surface area contributed by atoms with Gasteiger partial charge < -0.3 is 9.47 Å². The number of rotatable bonds is 8. The number of pyridine rings is 1. The lowest BCUT2D eigenvalue weighted by molar-refractivity contribution is 0.296. The van der Waals surface area contributed by atoms with Crippen LogP contribution in [0.2, 0.25) is 0 Å². The van der Waals surface area contributed by atoms with Crippen LogP contribution in [-0.4, -0.2) is 31.4 Å². The van der Waals surface area contributed by atoms with Crippen molar-refractivity contribution in [3.63, 3.8) is 0 Å². The molecule has 6 aromatic rings. The van der Waals surface area contributed by atoms with Gasteiger partial charge in [0.1, 0.15) is 24.7 Å². The largest absolute Gasteiger partial charge is 0.490 e. The topological polar surface area (TPSA) is 74.4 Å². The van der Waals surface area contributed by atoms with Crippen LogP contribution in [0.3, 0.4) is 0 Å². The first-order valence-corrected chi connectivity index (χ1v) is 12.4. The number of benzene rings is 3. The van der Waals surface area contributed by atoms with E-state index in [1.54, 1.807) is 10.7 Å². The number of hydrogen-bond donors (Lipinski definition) is 0. The molecule has 0 aliphatic carbocycles. The van der Waals surface area contributed by atoms with Crippen molar-refractivity contribution in [2.75, 3.05) is 6.61 Å². The Bertz CT molecular complexity index is 1740. The highest BCUT2D eigenvalue weighted by molar-refractivity contribution is 5.89. The van der Waals surface area contributed by atoms with Gasteiger partial charge >= 0.3 is 0 Å². The van der Waals surface area contributed by atoms with E-state index < -0.39 is 0 Å². The SMILES string of the molecule is C/C=C/COc1cccc(-c2ccc3c(OCc4nnc5ccc(-c6ccccc6)nn45)ccnc3c2)c1. The molecule has 0 radical (unpaired) electrons. The standard InChI is InChI=1S/C31H25N5O2/c1-2-3-18-37-25-11-7-10-23(19-25)24-12-13-26-28(20-24)32-17-16-29(26)38-21-31-34-33-30-15-14-27(35-36(30)31)22-8-5-4-6-9-22/h2-17,19-20H,18,21H2,1H3/b3-2+. The molecule has 38 heavy (non-hydrogen) atoms. The molecule has 3 heterocycles. The molecular weight excluding hydrogens is 474 g/mol. The third-order valence-corrected chi connectivity index (χ3v) is 6.21. The number of ether oxygens (including phenoxy) is 2. The van der Waals surface area contributed by atoms with Crippen molar-refractivity contribution in [2.24, 2.45) is 0 Å². The number of allylic oxidation sites excluding steroid dienone is 1. The first-order valence-electron chi connectivity index (χ1n) is 12.4. The highest BCUT2D eigenvalue weighted by Crippen LogP contribution is 2.30. The predicted molar refractivity (Wildman–Crippen MR) is 148 cm³/mol. The Labute approximate surface area is 220 Å². The second kappa shape index (κ2) is 10.5. The Balaban J connectivity index is 1.24. The van der Waals surface area contributed by atoms with Gasteiger partial charge in [0.2, 0.25) is 0 Å². The summed E-state index contributed by atoms with van der Waals surface area (Å²) in [6.07, 6.45) is 5.71. The normalized spacial score (nSPS) is 11.4. The van der Waals surface area contributed by atoms with E-state index in [1.807, 2.05) is 91.9 Å². The fourth-order valence-corrected chi connectivity index (χ4v) is 4.26. The van der Waals surface area contributed by atoms with Gasteiger partial charge in [-0.25, -0.2) is 0 Å². The van der Waals surface area contributed by atoms with E-state index in [4.69, 9.17) is 14.6 Å². The number of aromatic nitrogens is 5. The highest BCUT2D eigenvalue weighted by Gasteiger charge is 2.12. The zero-order valence-electron chi connectivity index (χ0n) is 20.9. The molecule has 0 unspecified atom stereocenters. The van der Waals surface area contributed by atoms with Gasteiger partial charge in [-0.15, -0.1) is 10.2 Å². The second-order valence-electron chi connectivity index (χ2n) is 8.71. The van der Waals surface area contributed by atoms with Gasteiger partial charge in [-0.05, 0) is 60.5 Å². The van der Waals surface area contributed by atoms with Crippen molar-refractivity contribution < 1.29 is 9.47 Å². The molecule has 186 valence electrons. The Morgan fingerprint density at radius 1 is 0.789 bits per heavy atom. The number of fused-ring (bicyclic) bond motifs is 2. The Morgan fingerprint density at radius 2 is 1.66 bits per heavy atom. The van der Waals surface area contributed by atoms with E-state index in [9.17, 15) is 0 Å². The van der Waals surface area contributed by atoms with E-state index in [0.717, 1.165) is 44.8 Å². The molecule has 6 rings (SSSR count). The van der Waals surface area contributed by atoms with Crippen molar-refractivity contribution in [1.29, 1.82) is 0 Å². The lowest BCUT2D eigenvalue weighted by Gasteiger charge is -2.10. The molecule has 0 amide bonds. The average molecular weight is 500 g/mol. The maximum absolute atomic E-state index is 6.21. The van der Waals surface area contributed by atoms with Crippen LogP contribution in [0.1, 0.15) is 12.7 Å². The van der Waals surface area contributed by atoms with Gasteiger partial charge in [-0.3, -0.25) is 4.98 Å². The summed E-state index contributed by atoms with van der Waals surface area (Å²) in [5.74, 6) is 2.17. The smallest absolute Gasteiger partial charge is 0.192 e. The summed E-state index contributed by atoms with van der Waals surface area (Å²) in [6.45, 7) is 2.75. The highest BCUT2D eigenvalue weighted by atomic mass is 16.5. The number of hydrogen-bond acceptors (Lipinski definition) is 6. The van der Waals surface area contributed by atoms with Crippen LogP contribution in [0.15, 0.2) is 109 Å². The first-order chi connectivity index (χ1) is 18.8. The third kappa shape index (κ3) is 4.82. The van der Waals surface area contributed by atoms with Crippen molar-refractivity contribution in [3.8, 4) is 33.9 Å². The van der Waals surface area contributed by atoms with Crippen LogP contribution >= 0.6 is 0 Å². The van der Waals surface area contributed by atoms with E-state index in [0.29, 0.717) is 18.1 Å². The quantitative estimate of drug-likeness (QED) is 0.221. The summed E-state index contributed by atoms with van der Waals surface area (Å²) in [5, 5.41) is 14.2. The van der Waals surface area contributed by atoms with Crippen LogP contribution in [0.5, 0.6) is 11.5 Å². The van der Waals surface area contributed by atoms with Gasteiger partial charge in [0.25, 0.3) is 0 Å². The van der Waals surface area contributed by atoms with Crippen LogP contribution in [-0.2, 0) is 6.61 Å².